The van der Waals surface area contributed by atoms with Crippen LogP contribution in [0.1, 0.15) is 23.1 Å². The van der Waals surface area contributed by atoms with E-state index >= 15 is 0 Å². The Bertz CT molecular complexity index is 1320. The molecule has 1 saturated heterocycles. The largest absolute Gasteiger partial charge is 0.486 e. The van der Waals surface area contributed by atoms with E-state index in [4.69, 9.17) is 26.4 Å². The van der Waals surface area contributed by atoms with Crippen LogP contribution in [0.25, 0.3) is 10.9 Å². The van der Waals surface area contributed by atoms with Gasteiger partial charge in [0.15, 0.2) is 16.6 Å². The first-order chi connectivity index (χ1) is 18.6. The molecule has 0 aliphatic carbocycles. The van der Waals surface area contributed by atoms with Crippen LogP contribution < -0.4 is 20.3 Å². The minimum Gasteiger partial charge on any atom is -0.486 e. The van der Waals surface area contributed by atoms with Gasteiger partial charge in [-0.05, 0) is 61.8 Å². The van der Waals surface area contributed by atoms with E-state index < -0.39 is 0 Å². The van der Waals surface area contributed by atoms with Gasteiger partial charge in [0.05, 0.1) is 25.3 Å². The number of nitrogens with one attached hydrogen (secondary N) is 2. The summed E-state index contributed by atoms with van der Waals surface area (Å²) in [5, 5.41) is 5.02. The fraction of sp³-hybridized carbons (Fsp3) is 0.448. The lowest BCUT2D eigenvalue weighted by atomic mass is 10.1. The number of pyridine rings is 1. The lowest BCUT2D eigenvalue weighted by Crippen LogP contribution is -2.43. The van der Waals surface area contributed by atoms with Gasteiger partial charge in [0.1, 0.15) is 13.2 Å². The molecule has 2 aromatic carbocycles. The van der Waals surface area contributed by atoms with Crippen LogP contribution in [0, 0.1) is 6.92 Å². The number of H-pyrrole nitrogens is 1. The molecular formula is C29H36N4O4S. The Labute approximate surface area is 228 Å². The minimum absolute atomic E-state index is 0.120. The van der Waals surface area contributed by atoms with Gasteiger partial charge in [-0.2, -0.15) is 0 Å². The summed E-state index contributed by atoms with van der Waals surface area (Å²) in [7, 11) is 0. The van der Waals surface area contributed by atoms with Crippen molar-refractivity contribution in [1.29, 1.82) is 0 Å². The molecule has 2 aliphatic heterocycles. The van der Waals surface area contributed by atoms with E-state index in [0.29, 0.717) is 48.5 Å². The molecule has 2 N–H and O–H groups in total. The highest BCUT2D eigenvalue weighted by atomic mass is 32.1. The maximum Gasteiger partial charge on any atom is 0.253 e. The number of ether oxygens (including phenoxy) is 3. The molecular weight excluding hydrogens is 500 g/mol. The zero-order chi connectivity index (χ0) is 26.3. The van der Waals surface area contributed by atoms with Crippen LogP contribution in [0.2, 0.25) is 0 Å². The first-order valence-corrected chi connectivity index (χ1v) is 13.8. The van der Waals surface area contributed by atoms with Gasteiger partial charge in [0.2, 0.25) is 0 Å². The molecule has 0 saturated carbocycles. The van der Waals surface area contributed by atoms with Crippen LogP contribution in [0.5, 0.6) is 11.5 Å². The monoisotopic (exact) mass is 536 g/mol. The maximum atomic E-state index is 13.1. The quantitative estimate of drug-likeness (QED) is 0.319. The number of rotatable bonds is 9. The van der Waals surface area contributed by atoms with Crippen molar-refractivity contribution >= 4 is 28.2 Å². The van der Waals surface area contributed by atoms with Crippen molar-refractivity contribution in [2.75, 3.05) is 59.2 Å². The van der Waals surface area contributed by atoms with E-state index in [1.54, 1.807) is 0 Å². The number of aryl methyl sites for hydroxylation is 1. The Kier molecular flexibility index (Phi) is 8.78. The van der Waals surface area contributed by atoms with Gasteiger partial charge < -0.3 is 29.4 Å². The molecule has 3 aromatic rings. The Morgan fingerprint density at radius 2 is 1.82 bits per heavy atom. The third-order valence-electron chi connectivity index (χ3n) is 7.18. The molecule has 2 aliphatic rings. The number of hydrogen-bond donors (Lipinski definition) is 2. The average Bonchev–Trinajstić information content (AvgIpc) is 2.94. The zero-order valence-corrected chi connectivity index (χ0v) is 22.8. The van der Waals surface area contributed by atoms with Gasteiger partial charge in [-0.1, -0.05) is 24.3 Å². The Hall–Kier alpha value is -3.14. The van der Waals surface area contributed by atoms with Gasteiger partial charge in [0, 0.05) is 43.2 Å². The van der Waals surface area contributed by atoms with Crippen molar-refractivity contribution in [2.24, 2.45) is 0 Å². The predicted octanol–water partition coefficient (Wildman–Crippen LogP) is 3.25. The molecule has 38 heavy (non-hydrogen) atoms. The highest BCUT2D eigenvalue weighted by molar-refractivity contribution is 7.80. The molecule has 8 nitrogen and oxygen atoms in total. The molecule has 9 heteroatoms. The van der Waals surface area contributed by atoms with Gasteiger partial charge >= 0.3 is 0 Å². The van der Waals surface area contributed by atoms with Gasteiger partial charge in [-0.15, -0.1) is 0 Å². The van der Waals surface area contributed by atoms with Crippen LogP contribution in [0.15, 0.2) is 47.3 Å². The first kappa shape index (κ1) is 26.5. The summed E-state index contributed by atoms with van der Waals surface area (Å²) in [4.78, 5) is 20.6. The lowest BCUT2D eigenvalue weighted by molar-refractivity contribution is 0.0376. The number of aromatic nitrogens is 1. The van der Waals surface area contributed by atoms with E-state index in [9.17, 15) is 4.79 Å². The van der Waals surface area contributed by atoms with Crippen LogP contribution >= 0.6 is 12.2 Å². The molecule has 5 rings (SSSR count). The topological polar surface area (TPSA) is 79.1 Å². The lowest BCUT2D eigenvalue weighted by Gasteiger charge is -2.28. The molecule has 202 valence electrons. The van der Waals surface area contributed by atoms with Crippen LogP contribution in [-0.2, 0) is 17.7 Å². The summed E-state index contributed by atoms with van der Waals surface area (Å²) in [5.41, 5.74) is 3.82. The van der Waals surface area contributed by atoms with E-state index in [1.807, 2.05) is 18.2 Å². The highest BCUT2D eigenvalue weighted by Crippen LogP contribution is 2.33. The van der Waals surface area contributed by atoms with Crippen molar-refractivity contribution in [3.8, 4) is 11.5 Å². The summed E-state index contributed by atoms with van der Waals surface area (Å²) in [6, 6.07) is 14.1. The normalized spacial score (nSPS) is 15.4. The fourth-order valence-electron chi connectivity index (χ4n) is 4.94. The summed E-state index contributed by atoms with van der Waals surface area (Å²) in [6.45, 7) is 9.66. The van der Waals surface area contributed by atoms with Gasteiger partial charge in [-0.3, -0.25) is 9.69 Å². The second-order valence-corrected chi connectivity index (χ2v) is 10.2. The Morgan fingerprint density at radius 1 is 1.05 bits per heavy atom. The van der Waals surface area contributed by atoms with E-state index in [0.717, 1.165) is 63.1 Å². The van der Waals surface area contributed by atoms with Gasteiger partial charge in [0.25, 0.3) is 5.56 Å². The van der Waals surface area contributed by atoms with Crippen molar-refractivity contribution in [3.63, 3.8) is 0 Å². The Morgan fingerprint density at radius 3 is 2.61 bits per heavy atom. The summed E-state index contributed by atoms with van der Waals surface area (Å²) < 4.78 is 16.9. The fourth-order valence-corrected chi connectivity index (χ4v) is 5.20. The molecule has 1 aromatic heterocycles. The molecule has 0 amide bonds. The smallest absolute Gasteiger partial charge is 0.253 e. The SMILES string of the molecule is Cc1ccccc1CCN(Cc1cc2cc3c(cc2[nH]c1=O)OCCO3)C(=S)NCCCN1CCOCC1. The summed E-state index contributed by atoms with van der Waals surface area (Å²) in [5.74, 6) is 1.37. The minimum atomic E-state index is -0.120. The Balaban J connectivity index is 1.29. The molecule has 0 spiro atoms. The van der Waals surface area contributed by atoms with Crippen LogP contribution in [-0.4, -0.2) is 79.0 Å². The number of nitrogens with zero attached hydrogens (tertiary/aromatic N) is 2. The zero-order valence-electron chi connectivity index (χ0n) is 22.0. The first-order valence-electron chi connectivity index (χ1n) is 13.4. The highest BCUT2D eigenvalue weighted by Gasteiger charge is 2.17. The number of morpholine rings is 1. The van der Waals surface area contributed by atoms with Crippen LogP contribution in [0.3, 0.4) is 0 Å². The molecule has 0 atom stereocenters. The standard InChI is InChI=1S/C29H36N4O4S/c1-21-5-2-3-6-22(21)7-10-33(29(38)30-8-4-9-32-11-13-35-14-12-32)20-24-17-23-18-26-27(37-16-15-36-26)19-25(23)31-28(24)34/h2-3,5-6,17-19H,4,7-16,20H2,1H3,(H,30,38)(H,31,34). The predicted molar refractivity (Wildman–Crippen MR) is 153 cm³/mol. The number of benzene rings is 2. The summed E-state index contributed by atoms with van der Waals surface area (Å²) in [6.07, 6.45) is 1.84. The van der Waals surface area contributed by atoms with Crippen molar-refractivity contribution in [1.82, 2.24) is 20.1 Å². The number of aromatic amines is 1. The maximum absolute atomic E-state index is 13.1. The van der Waals surface area contributed by atoms with E-state index in [2.05, 4.69) is 51.3 Å². The molecule has 3 heterocycles. The average molecular weight is 537 g/mol. The number of thiocarbonyl (C=S) groups is 1. The van der Waals surface area contributed by atoms with Crippen molar-refractivity contribution in [3.05, 3.63) is 69.5 Å². The number of hydrogen-bond acceptors (Lipinski definition) is 6. The summed E-state index contributed by atoms with van der Waals surface area (Å²) >= 11 is 5.84. The van der Waals surface area contributed by atoms with E-state index in [-0.39, 0.29) is 5.56 Å². The van der Waals surface area contributed by atoms with Crippen molar-refractivity contribution < 1.29 is 14.2 Å². The second kappa shape index (κ2) is 12.6. The molecule has 0 radical (unpaired) electrons. The third-order valence-corrected chi connectivity index (χ3v) is 7.58. The molecule has 0 bridgehead atoms. The van der Waals surface area contributed by atoms with E-state index in [1.165, 1.54) is 11.1 Å². The van der Waals surface area contributed by atoms with Crippen molar-refractivity contribution in [2.45, 2.75) is 26.3 Å². The third kappa shape index (κ3) is 6.64. The number of fused-ring (bicyclic) bond motifs is 2. The second-order valence-electron chi connectivity index (χ2n) is 9.84. The van der Waals surface area contributed by atoms with Gasteiger partial charge in [-0.25, -0.2) is 0 Å². The van der Waals surface area contributed by atoms with Crippen LogP contribution in [0.4, 0.5) is 0 Å². The molecule has 1 fully saturated rings. The molecule has 0 unspecified atom stereocenters.